The van der Waals surface area contributed by atoms with Crippen LogP contribution >= 0.6 is 23.2 Å². The Morgan fingerprint density at radius 1 is 1.03 bits per heavy atom. The van der Waals surface area contributed by atoms with E-state index in [4.69, 9.17) is 27.9 Å². The van der Waals surface area contributed by atoms with Gasteiger partial charge in [0.15, 0.2) is 0 Å². The lowest BCUT2D eigenvalue weighted by Crippen LogP contribution is -2.37. The maximum Gasteiger partial charge on any atom is 0.246 e. The van der Waals surface area contributed by atoms with Crippen molar-refractivity contribution in [2.75, 3.05) is 46.4 Å². The van der Waals surface area contributed by atoms with Gasteiger partial charge in [-0.1, -0.05) is 59.6 Å². The number of likely N-dealkylation sites (N-methyl/N-ethyl adjacent to an activating group) is 1. The van der Waals surface area contributed by atoms with Crippen molar-refractivity contribution >= 4 is 39.1 Å². The second-order valence-electron chi connectivity index (χ2n) is 10.6. The van der Waals surface area contributed by atoms with Crippen LogP contribution in [0.5, 0.6) is 0 Å². The summed E-state index contributed by atoms with van der Waals surface area (Å²) in [5.74, 6) is 0.933. The van der Waals surface area contributed by atoms with E-state index in [1.54, 1.807) is 6.07 Å². The monoisotopic (exact) mass is 595 g/mol. The van der Waals surface area contributed by atoms with Crippen molar-refractivity contribution in [2.24, 2.45) is 11.8 Å². The first-order valence-corrected chi connectivity index (χ1v) is 16.0. The summed E-state index contributed by atoms with van der Waals surface area (Å²) >= 11 is 12.1. The van der Waals surface area contributed by atoms with Crippen LogP contribution in [0.4, 0.5) is 0 Å². The van der Waals surface area contributed by atoms with E-state index in [1.807, 2.05) is 0 Å². The van der Waals surface area contributed by atoms with Crippen LogP contribution in [0.1, 0.15) is 50.1 Å². The first-order chi connectivity index (χ1) is 18.8. The molecule has 1 unspecified atom stereocenters. The molecule has 1 aliphatic heterocycles. The van der Waals surface area contributed by atoms with E-state index in [9.17, 15) is 13.2 Å². The van der Waals surface area contributed by atoms with Gasteiger partial charge in [0.1, 0.15) is 11.5 Å². The smallest absolute Gasteiger partial charge is 0.246 e. The van der Waals surface area contributed by atoms with Gasteiger partial charge in [-0.2, -0.15) is 4.31 Å². The quantitative estimate of drug-likeness (QED) is 0.333. The number of rotatable bonds is 12. The molecule has 214 valence electrons. The van der Waals surface area contributed by atoms with Crippen molar-refractivity contribution < 1.29 is 17.9 Å². The minimum absolute atomic E-state index is 0.0651. The largest absolute Gasteiger partial charge is 0.370 e. The first-order valence-electron chi connectivity index (χ1n) is 13.8. The molecule has 1 saturated carbocycles. The number of likely N-dealkylation sites (tertiary alicyclic amines) is 1. The molecular formula is C29H39Cl2N3O4S. The van der Waals surface area contributed by atoms with Gasteiger partial charge >= 0.3 is 0 Å². The molecule has 4 rings (SSSR count). The summed E-state index contributed by atoms with van der Waals surface area (Å²) in [5, 5.41) is 3.13. The van der Waals surface area contributed by atoms with E-state index in [-0.39, 0.29) is 40.6 Å². The van der Waals surface area contributed by atoms with Gasteiger partial charge in [-0.05, 0) is 81.1 Å². The van der Waals surface area contributed by atoms with Crippen LogP contribution in [0.15, 0.2) is 53.4 Å². The van der Waals surface area contributed by atoms with Crippen LogP contribution in [0.3, 0.4) is 0 Å². The number of carbonyl (C=O) groups is 1. The lowest BCUT2D eigenvalue weighted by molar-refractivity contribution is -0.126. The number of ether oxygens (including phenoxy) is 1. The number of carbonyl (C=O) groups excluding carboxylic acids is 1. The van der Waals surface area contributed by atoms with E-state index in [0.29, 0.717) is 24.4 Å². The van der Waals surface area contributed by atoms with Crippen LogP contribution in [-0.2, 0) is 19.6 Å². The highest BCUT2D eigenvalue weighted by molar-refractivity contribution is 7.89. The third-order valence-electron chi connectivity index (χ3n) is 7.97. The second-order valence-corrected chi connectivity index (χ2v) is 13.4. The number of sulfonamides is 1. The van der Waals surface area contributed by atoms with Crippen molar-refractivity contribution in [3.8, 4) is 0 Å². The molecule has 1 atom stereocenters. The maximum atomic E-state index is 12.8. The molecule has 2 fully saturated rings. The summed E-state index contributed by atoms with van der Waals surface area (Å²) in [5.41, 5.74) is 1.43. The van der Waals surface area contributed by atoms with Crippen molar-refractivity contribution in [3.63, 3.8) is 0 Å². The lowest BCUT2D eigenvalue weighted by atomic mass is 9.76. The number of nitrogens with zero attached hydrogens (tertiary/aromatic N) is 2. The Kier molecular flexibility index (Phi) is 11.1. The molecule has 0 bridgehead atoms. The van der Waals surface area contributed by atoms with Gasteiger partial charge in [0.2, 0.25) is 15.9 Å². The molecule has 2 aromatic carbocycles. The molecule has 1 saturated heterocycles. The maximum absolute atomic E-state index is 12.8. The minimum Gasteiger partial charge on any atom is -0.370 e. The highest BCUT2D eigenvalue weighted by Crippen LogP contribution is 2.41. The number of benzene rings is 2. The fraction of sp³-hybridized carbons (Fsp3) is 0.552. The number of hydrogen-bond acceptors (Lipinski definition) is 5. The van der Waals surface area contributed by atoms with Crippen molar-refractivity contribution in [1.29, 1.82) is 0 Å². The fourth-order valence-electron chi connectivity index (χ4n) is 5.83. The average molecular weight is 597 g/mol. The minimum atomic E-state index is -3.87. The zero-order valence-corrected chi connectivity index (χ0v) is 24.9. The standard InChI is InChI=1S/C29H39Cl2N3O4S/c1-33(39(36,37)29-25(30)10-7-11-26(29)31)18-19-38-21-27(35)32-20-22-12-14-24(15-13-22)28(34-16-5-6-17-34)23-8-3-2-4-9-23/h2-4,7-11,22,24,28H,5-6,12-21H2,1H3,(H,32,35). The average Bonchev–Trinajstić information content (AvgIpc) is 3.45. The molecule has 2 aliphatic rings. The molecule has 1 aliphatic carbocycles. The summed E-state index contributed by atoms with van der Waals surface area (Å²) in [7, 11) is -2.44. The Labute approximate surface area is 242 Å². The second kappa shape index (κ2) is 14.3. The summed E-state index contributed by atoms with van der Waals surface area (Å²) in [6.07, 6.45) is 7.13. The summed E-state index contributed by atoms with van der Waals surface area (Å²) in [6.45, 7) is 3.06. The molecular weight excluding hydrogens is 557 g/mol. The Balaban J connectivity index is 1.16. The summed E-state index contributed by atoms with van der Waals surface area (Å²) < 4.78 is 32.2. The third-order valence-corrected chi connectivity index (χ3v) is 10.8. The zero-order valence-electron chi connectivity index (χ0n) is 22.5. The lowest BCUT2D eigenvalue weighted by Gasteiger charge is -2.39. The van der Waals surface area contributed by atoms with Gasteiger partial charge in [-0.25, -0.2) is 8.42 Å². The van der Waals surface area contributed by atoms with Crippen LogP contribution in [-0.4, -0.2) is 70.0 Å². The molecule has 0 radical (unpaired) electrons. The van der Waals surface area contributed by atoms with Crippen LogP contribution in [0, 0.1) is 11.8 Å². The van der Waals surface area contributed by atoms with E-state index in [1.165, 1.54) is 63.5 Å². The number of nitrogens with one attached hydrogen (secondary N) is 1. The normalized spacial score (nSPS) is 21.2. The van der Waals surface area contributed by atoms with Crippen molar-refractivity contribution in [2.45, 2.75) is 49.5 Å². The zero-order chi connectivity index (χ0) is 27.8. The van der Waals surface area contributed by atoms with Gasteiger partial charge in [0, 0.05) is 26.2 Å². The Morgan fingerprint density at radius 2 is 1.67 bits per heavy atom. The van der Waals surface area contributed by atoms with Crippen molar-refractivity contribution in [1.82, 2.24) is 14.5 Å². The Hall–Kier alpha value is -1.68. The number of halogens is 2. The van der Waals surface area contributed by atoms with E-state index < -0.39 is 10.0 Å². The topological polar surface area (TPSA) is 79.0 Å². The molecule has 2 aromatic rings. The summed E-state index contributed by atoms with van der Waals surface area (Å²) in [4.78, 5) is 14.9. The van der Waals surface area contributed by atoms with Crippen LogP contribution in [0.2, 0.25) is 10.0 Å². The van der Waals surface area contributed by atoms with Crippen LogP contribution in [0.25, 0.3) is 0 Å². The molecule has 39 heavy (non-hydrogen) atoms. The predicted molar refractivity (Wildman–Crippen MR) is 156 cm³/mol. The van der Waals surface area contributed by atoms with E-state index >= 15 is 0 Å². The Bertz CT molecular complexity index is 1160. The highest BCUT2D eigenvalue weighted by atomic mass is 35.5. The van der Waals surface area contributed by atoms with E-state index in [2.05, 4.69) is 40.5 Å². The van der Waals surface area contributed by atoms with Gasteiger partial charge in [-0.3, -0.25) is 9.69 Å². The fourth-order valence-corrected chi connectivity index (χ4v) is 8.07. The van der Waals surface area contributed by atoms with Gasteiger partial charge in [0.25, 0.3) is 0 Å². The molecule has 0 aromatic heterocycles. The molecule has 10 heteroatoms. The number of hydrogen-bond donors (Lipinski definition) is 1. The molecule has 7 nitrogen and oxygen atoms in total. The molecule has 0 spiro atoms. The predicted octanol–water partition coefficient (Wildman–Crippen LogP) is 5.39. The van der Waals surface area contributed by atoms with E-state index in [0.717, 1.165) is 17.1 Å². The van der Waals surface area contributed by atoms with Crippen LogP contribution < -0.4 is 5.32 Å². The Morgan fingerprint density at radius 3 is 2.31 bits per heavy atom. The molecule has 1 N–H and O–H groups in total. The van der Waals surface area contributed by atoms with Crippen molar-refractivity contribution in [3.05, 3.63) is 64.1 Å². The van der Waals surface area contributed by atoms with Gasteiger partial charge in [0.05, 0.1) is 16.7 Å². The molecule has 1 amide bonds. The summed E-state index contributed by atoms with van der Waals surface area (Å²) in [6, 6.07) is 16.0. The first kappa shape index (κ1) is 30.3. The van der Waals surface area contributed by atoms with Gasteiger partial charge in [-0.15, -0.1) is 0 Å². The number of amides is 1. The van der Waals surface area contributed by atoms with Gasteiger partial charge < -0.3 is 10.1 Å². The molecule has 1 heterocycles. The SMILES string of the molecule is CN(CCOCC(=O)NCC1CCC(C(c2ccccc2)N2CCCC2)CC1)S(=O)(=O)c1c(Cl)cccc1Cl. The highest BCUT2D eigenvalue weighted by Gasteiger charge is 2.33. The third kappa shape index (κ3) is 7.96.